The zero-order chi connectivity index (χ0) is 14.5. The number of alkyl halides is 1. The van der Waals surface area contributed by atoms with Crippen LogP contribution >= 0.6 is 15.9 Å². The molecule has 1 N–H and O–H groups in total. The molecule has 2 aromatic rings. The van der Waals surface area contributed by atoms with Gasteiger partial charge >= 0.3 is 0 Å². The van der Waals surface area contributed by atoms with Gasteiger partial charge in [0, 0.05) is 16.6 Å². The predicted molar refractivity (Wildman–Crippen MR) is 80.0 cm³/mol. The molecule has 5 heteroatoms. The van der Waals surface area contributed by atoms with E-state index in [1.54, 1.807) is 0 Å². The Hall–Kier alpha value is -1.88. The second-order valence-electron chi connectivity index (χ2n) is 4.09. The summed E-state index contributed by atoms with van der Waals surface area (Å²) in [6.45, 7) is 0. The Morgan fingerprint density at radius 3 is 2.75 bits per heavy atom. The third-order valence-corrected chi connectivity index (χ3v) is 3.43. The number of ether oxygens (including phenoxy) is 1. The molecule has 0 bridgehead atoms. The van der Waals surface area contributed by atoms with Crippen LogP contribution in [0.5, 0.6) is 5.75 Å². The average molecular weight is 338 g/mol. The third kappa shape index (κ3) is 3.17. The molecule has 104 valence electrons. The van der Waals surface area contributed by atoms with Gasteiger partial charge in [-0.25, -0.2) is 4.39 Å². The van der Waals surface area contributed by atoms with Crippen LogP contribution in [-0.2, 0) is 5.33 Å². The number of carbonyl (C=O) groups is 1. The Balaban J connectivity index is 2.24. The smallest absolute Gasteiger partial charge is 0.255 e. The lowest BCUT2D eigenvalue weighted by Crippen LogP contribution is -2.13. The van der Waals surface area contributed by atoms with Crippen molar-refractivity contribution in [2.24, 2.45) is 0 Å². The highest BCUT2D eigenvalue weighted by Crippen LogP contribution is 2.21. The summed E-state index contributed by atoms with van der Waals surface area (Å²) in [6, 6.07) is 11.5. The summed E-state index contributed by atoms with van der Waals surface area (Å²) in [5, 5.41) is 3.44. The van der Waals surface area contributed by atoms with E-state index in [0.29, 0.717) is 10.9 Å². The van der Waals surface area contributed by atoms with E-state index in [9.17, 15) is 9.18 Å². The topological polar surface area (TPSA) is 38.3 Å². The average Bonchev–Trinajstić information content (AvgIpc) is 2.48. The molecule has 0 aliphatic heterocycles. The molecule has 0 heterocycles. The molecule has 0 saturated heterocycles. The van der Waals surface area contributed by atoms with Gasteiger partial charge in [0.15, 0.2) is 11.6 Å². The van der Waals surface area contributed by atoms with E-state index in [4.69, 9.17) is 4.74 Å². The molecule has 20 heavy (non-hydrogen) atoms. The Labute approximate surface area is 124 Å². The van der Waals surface area contributed by atoms with Crippen molar-refractivity contribution < 1.29 is 13.9 Å². The molecule has 2 aromatic carbocycles. The van der Waals surface area contributed by atoms with Crippen LogP contribution < -0.4 is 10.1 Å². The number of halogens is 2. The van der Waals surface area contributed by atoms with Gasteiger partial charge in [0.2, 0.25) is 0 Å². The molecule has 0 fully saturated rings. The van der Waals surface area contributed by atoms with E-state index in [-0.39, 0.29) is 11.7 Å². The lowest BCUT2D eigenvalue weighted by atomic mass is 10.1. The number of anilines is 1. The minimum atomic E-state index is -0.495. The molecule has 0 atom stereocenters. The zero-order valence-corrected chi connectivity index (χ0v) is 12.4. The van der Waals surface area contributed by atoms with Gasteiger partial charge in [0.25, 0.3) is 5.91 Å². The SMILES string of the molecule is COc1cc(C(=O)Nc2ccccc2CBr)ccc1F. The van der Waals surface area contributed by atoms with Crippen molar-refractivity contribution in [1.29, 1.82) is 0 Å². The largest absolute Gasteiger partial charge is 0.494 e. The summed E-state index contributed by atoms with van der Waals surface area (Å²) in [5.74, 6) is -0.756. The number of amides is 1. The summed E-state index contributed by atoms with van der Waals surface area (Å²) in [4.78, 5) is 12.2. The van der Waals surface area contributed by atoms with Crippen LogP contribution in [0.3, 0.4) is 0 Å². The Kier molecular flexibility index (Phi) is 4.74. The first-order valence-corrected chi connectivity index (χ1v) is 7.06. The van der Waals surface area contributed by atoms with Crippen molar-refractivity contribution in [2.45, 2.75) is 5.33 Å². The van der Waals surface area contributed by atoms with Gasteiger partial charge in [-0.05, 0) is 29.8 Å². The highest BCUT2D eigenvalue weighted by atomic mass is 79.9. The van der Waals surface area contributed by atoms with E-state index >= 15 is 0 Å². The zero-order valence-electron chi connectivity index (χ0n) is 10.8. The fraction of sp³-hybridized carbons (Fsp3) is 0.133. The maximum Gasteiger partial charge on any atom is 0.255 e. The van der Waals surface area contributed by atoms with Crippen molar-refractivity contribution in [2.75, 3.05) is 12.4 Å². The van der Waals surface area contributed by atoms with Crippen molar-refractivity contribution in [3.05, 3.63) is 59.4 Å². The highest BCUT2D eigenvalue weighted by molar-refractivity contribution is 9.08. The lowest BCUT2D eigenvalue weighted by molar-refractivity contribution is 0.102. The quantitative estimate of drug-likeness (QED) is 0.857. The number of rotatable bonds is 4. The van der Waals surface area contributed by atoms with Crippen LogP contribution in [0, 0.1) is 5.82 Å². The van der Waals surface area contributed by atoms with E-state index in [1.807, 2.05) is 24.3 Å². The molecule has 0 spiro atoms. The predicted octanol–water partition coefficient (Wildman–Crippen LogP) is 3.98. The molecule has 0 aromatic heterocycles. The maximum atomic E-state index is 13.3. The van der Waals surface area contributed by atoms with Gasteiger partial charge in [0.1, 0.15) is 0 Å². The van der Waals surface area contributed by atoms with Crippen LogP contribution in [0.4, 0.5) is 10.1 Å². The number of methoxy groups -OCH3 is 1. The fourth-order valence-electron chi connectivity index (χ4n) is 1.75. The Morgan fingerprint density at radius 2 is 2.05 bits per heavy atom. The number of nitrogens with one attached hydrogen (secondary N) is 1. The molecule has 0 radical (unpaired) electrons. The summed E-state index contributed by atoms with van der Waals surface area (Å²) < 4.78 is 18.2. The molecular formula is C15H13BrFNO2. The number of benzene rings is 2. The lowest BCUT2D eigenvalue weighted by Gasteiger charge is -2.10. The van der Waals surface area contributed by atoms with E-state index in [1.165, 1.54) is 25.3 Å². The number of hydrogen-bond acceptors (Lipinski definition) is 2. The molecular weight excluding hydrogens is 325 g/mol. The molecule has 3 nitrogen and oxygen atoms in total. The molecule has 0 saturated carbocycles. The van der Waals surface area contributed by atoms with Crippen LogP contribution in [0.2, 0.25) is 0 Å². The standard InChI is InChI=1S/C15H13BrFNO2/c1-20-14-8-10(6-7-12(14)17)15(19)18-13-5-3-2-4-11(13)9-16/h2-8H,9H2,1H3,(H,18,19). The van der Waals surface area contributed by atoms with Crippen LogP contribution in [0.25, 0.3) is 0 Å². The minimum Gasteiger partial charge on any atom is -0.494 e. The summed E-state index contributed by atoms with van der Waals surface area (Å²) in [7, 11) is 1.36. The molecule has 1 amide bonds. The van der Waals surface area contributed by atoms with E-state index < -0.39 is 5.82 Å². The van der Waals surface area contributed by atoms with Crippen LogP contribution in [-0.4, -0.2) is 13.0 Å². The molecule has 2 rings (SSSR count). The van der Waals surface area contributed by atoms with Crippen LogP contribution in [0.15, 0.2) is 42.5 Å². The van der Waals surface area contributed by atoms with Gasteiger partial charge in [-0.2, -0.15) is 0 Å². The fourth-order valence-corrected chi connectivity index (χ4v) is 2.24. The van der Waals surface area contributed by atoms with E-state index in [0.717, 1.165) is 11.3 Å². The number of carbonyl (C=O) groups excluding carboxylic acids is 1. The van der Waals surface area contributed by atoms with Crippen molar-refractivity contribution >= 4 is 27.5 Å². The van der Waals surface area contributed by atoms with Crippen molar-refractivity contribution in [3.63, 3.8) is 0 Å². The summed E-state index contributed by atoms with van der Waals surface area (Å²) >= 11 is 3.37. The van der Waals surface area contributed by atoms with Gasteiger partial charge < -0.3 is 10.1 Å². The first-order chi connectivity index (χ1) is 9.65. The van der Waals surface area contributed by atoms with Gasteiger partial charge in [-0.3, -0.25) is 4.79 Å². The number of para-hydroxylation sites is 1. The minimum absolute atomic E-state index is 0.0476. The summed E-state index contributed by atoms with van der Waals surface area (Å²) in [6.07, 6.45) is 0. The van der Waals surface area contributed by atoms with E-state index in [2.05, 4.69) is 21.2 Å². The van der Waals surface area contributed by atoms with Crippen LogP contribution in [0.1, 0.15) is 15.9 Å². The van der Waals surface area contributed by atoms with Gasteiger partial charge in [-0.15, -0.1) is 0 Å². The summed E-state index contributed by atoms with van der Waals surface area (Å²) in [5.41, 5.74) is 2.03. The highest BCUT2D eigenvalue weighted by Gasteiger charge is 2.11. The molecule has 0 aliphatic rings. The second kappa shape index (κ2) is 6.52. The van der Waals surface area contributed by atoms with Gasteiger partial charge in [-0.1, -0.05) is 34.1 Å². The van der Waals surface area contributed by atoms with Gasteiger partial charge in [0.05, 0.1) is 7.11 Å². The van der Waals surface area contributed by atoms with Crippen molar-refractivity contribution in [3.8, 4) is 5.75 Å². The second-order valence-corrected chi connectivity index (χ2v) is 4.65. The monoisotopic (exact) mass is 337 g/mol. The third-order valence-electron chi connectivity index (χ3n) is 2.82. The van der Waals surface area contributed by atoms with Crippen molar-refractivity contribution in [1.82, 2.24) is 0 Å². The maximum absolute atomic E-state index is 13.3. The molecule has 0 unspecified atom stereocenters. The first-order valence-electron chi connectivity index (χ1n) is 5.94. The Bertz CT molecular complexity index is 631. The number of hydrogen-bond donors (Lipinski definition) is 1. The first kappa shape index (κ1) is 14.5. The molecule has 0 aliphatic carbocycles. The Morgan fingerprint density at radius 1 is 1.30 bits per heavy atom. The normalized spacial score (nSPS) is 10.2.